The highest BCUT2D eigenvalue weighted by molar-refractivity contribution is 5.36. The molecule has 0 unspecified atom stereocenters. The normalized spacial score (nSPS) is 14.2. The molecule has 1 heterocycles. The zero-order valence-corrected chi connectivity index (χ0v) is 9.91. The molecule has 3 rings (SSSR count). The molecule has 0 N–H and O–H groups in total. The second-order valence-electron chi connectivity index (χ2n) is 4.45. The van der Waals surface area contributed by atoms with E-state index in [1.807, 2.05) is 24.7 Å². The van der Waals surface area contributed by atoms with Gasteiger partial charge < -0.3 is 9.30 Å². The van der Waals surface area contributed by atoms with Gasteiger partial charge in [-0.3, -0.25) is 0 Å². The van der Waals surface area contributed by atoms with Crippen LogP contribution in [0.4, 0.5) is 0 Å². The van der Waals surface area contributed by atoms with Gasteiger partial charge in [0, 0.05) is 6.04 Å². The average molecular weight is 239 g/mol. The first-order chi connectivity index (χ1) is 8.86. The second kappa shape index (κ2) is 4.53. The molecule has 90 valence electrons. The summed E-state index contributed by atoms with van der Waals surface area (Å²) in [5.74, 6) is 0.720. The van der Waals surface area contributed by atoms with Crippen molar-refractivity contribution in [1.82, 2.24) is 9.55 Å². The van der Waals surface area contributed by atoms with E-state index in [2.05, 4.69) is 15.6 Å². The number of nitrogens with zero attached hydrogens (tertiary/aromatic N) is 3. The molecule has 18 heavy (non-hydrogen) atoms. The predicted octanol–water partition coefficient (Wildman–Crippen LogP) is 2.67. The smallest absolute Gasteiger partial charge is 0.130 e. The summed E-state index contributed by atoms with van der Waals surface area (Å²) in [6.07, 6.45) is 6.16. The van der Waals surface area contributed by atoms with Crippen LogP contribution in [0.1, 0.15) is 30.1 Å². The molecular formula is C14H13N3O. The number of aromatic nitrogens is 2. The van der Waals surface area contributed by atoms with Gasteiger partial charge in [0.2, 0.25) is 0 Å². The van der Waals surface area contributed by atoms with Crippen LogP contribution in [0.5, 0.6) is 5.75 Å². The summed E-state index contributed by atoms with van der Waals surface area (Å²) >= 11 is 0. The minimum atomic E-state index is 0.491. The van der Waals surface area contributed by atoms with E-state index in [-0.39, 0.29) is 0 Å². The van der Waals surface area contributed by atoms with Gasteiger partial charge in [-0.2, -0.15) is 5.26 Å². The van der Waals surface area contributed by atoms with Crippen LogP contribution < -0.4 is 4.74 Å². The topological polar surface area (TPSA) is 50.8 Å². The number of benzene rings is 1. The molecule has 0 saturated heterocycles. The van der Waals surface area contributed by atoms with Crippen molar-refractivity contribution in [2.45, 2.75) is 25.5 Å². The molecule has 0 atom stereocenters. The lowest BCUT2D eigenvalue weighted by Crippen LogP contribution is -2.03. The maximum atomic E-state index is 8.82. The van der Waals surface area contributed by atoms with Crippen LogP contribution in [-0.2, 0) is 6.61 Å². The van der Waals surface area contributed by atoms with Crippen LogP contribution in [0.25, 0.3) is 0 Å². The maximum absolute atomic E-state index is 8.82. The zero-order chi connectivity index (χ0) is 12.4. The van der Waals surface area contributed by atoms with Crippen molar-refractivity contribution < 1.29 is 4.74 Å². The molecule has 0 spiro atoms. The number of ether oxygens (including phenoxy) is 1. The number of imidazole rings is 1. The first-order valence-corrected chi connectivity index (χ1v) is 6.00. The van der Waals surface area contributed by atoms with E-state index in [9.17, 15) is 0 Å². The summed E-state index contributed by atoms with van der Waals surface area (Å²) in [5, 5.41) is 8.82. The molecule has 0 bridgehead atoms. The molecule has 4 heteroatoms. The van der Waals surface area contributed by atoms with Gasteiger partial charge >= 0.3 is 0 Å². The molecular weight excluding hydrogens is 226 g/mol. The Morgan fingerprint density at radius 3 is 3.11 bits per heavy atom. The Balaban J connectivity index is 1.70. The Bertz CT molecular complexity index is 593. The molecule has 1 aromatic carbocycles. The molecule has 1 saturated carbocycles. The standard InChI is InChI=1S/C14H13N3O/c15-7-11-2-1-3-14(6-11)18-9-13-8-16-10-17(13)12-4-5-12/h1-3,6,8,10,12H,4-5,9H2. The van der Waals surface area contributed by atoms with Gasteiger partial charge in [-0.1, -0.05) is 6.07 Å². The summed E-state index contributed by atoms with van der Waals surface area (Å²) in [6.45, 7) is 0.491. The molecule has 0 radical (unpaired) electrons. The molecule has 1 fully saturated rings. The van der Waals surface area contributed by atoms with Gasteiger partial charge in [0.1, 0.15) is 12.4 Å². The molecule has 0 amide bonds. The molecule has 0 aliphatic heterocycles. The quantitative estimate of drug-likeness (QED) is 0.824. The van der Waals surface area contributed by atoms with E-state index in [1.165, 1.54) is 12.8 Å². The van der Waals surface area contributed by atoms with Crippen LogP contribution in [-0.4, -0.2) is 9.55 Å². The second-order valence-corrected chi connectivity index (χ2v) is 4.45. The fourth-order valence-electron chi connectivity index (χ4n) is 1.94. The highest BCUT2D eigenvalue weighted by Gasteiger charge is 2.25. The maximum Gasteiger partial charge on any atom is 0.130 e. The largest absolute Gasteiger partial charge is 0.487 e. The summed E-state index contributed by atoms with van der Waals surface area (Å²) in [4.78, 5) is 4.16. The Labute approximate surface area is 105 Å². The Hall–Kier alpha value is -2.28. The molecule has 2 aromatic rings. The van der Waals surface area contributed by atoms with E-state index < -0.39 is 0 Å². The Kier molecular flexibility index (Phi) is 2.73. The lowest BCUT2D eigenvalue weighted by Gasteiger charge is -2.08. The minimum Gasteiger partial charge on any atom is -0.487 e. The molecule has 1 aliphatic rings. The Morgan fingerprint density at radius 2 is 2.33 bits per heavy atom. The number of rotatable bonds is 4. The third-order valence-corrected chi connectivity index (χ3v) is 3.04. The highest BCUT2D eigenvalue weighted by atomic mass is 16.5. The van der Waals surface area contributed by atoms with Crippen molar-refractivity contribution >= 4 is 0 Å². The monoisotopic (exact) mass is 239 g/mol. The van der Waals surface area contributed by atoms with Crippen LogP contribution >= 0.6 is 0 Å². The summed E-state index contributed by atoms with van der Waals surface area (Å²) in [7, 11) is 0. The predicted molar refractivity (Wildman–Crippen MR) is 66.0 cm³/mol. The summed E-state index contributed by atoms with van der Waals surface area (Å²) in [5.41, 5.74) is 1.70. The van der Waals surface area contributed by atoms with Gasteiger partial charge in [0.05, 0.1) is 29.9 Å². The van der Waals surface area contributed by atoms with E-state index in [0.717, 1.165) is 11.4 Å². The van der Waals surface area contributed by atoms with E-state index in [0.29, 0.717) is 18.2 Å². The van der Waals surface area contributed by atoms with Crippen molar-refractivity contribution in [3.63, 3.8) is 0 Å². The third kappa shape index (κ3) is 2.21. The first kappa shape index (κ1) is 10.8. The van der Waals surface area contributed by atoms with Crippen LogP contribution in [0.2, 0.25) is 0 Å². The summed E-state index contributed by atoms with van der Waals surface area (Å²) < 4.78 is 7.87. The number of hydrogen-bond acceptors (Lipinski definition) is 3. The number of nitriles is 1. The first-order valence-electron chi connectivity index (χ1n) is 6.00. The van der Waals surface area contributed by atoms with Crippen molar-refractivity contribution in [3.8, 4) is 11.8 Å². The Morgan fingerprint density at radius 1 is 1.44 bits per heavy atom. The highest BCUT2D eigenvalue weighted by Crippen LogP contribution is 2.35. The van der Waals surface area contributed by atoms with E-state index in [1.54, 1.807) is 12.1 Å². The third-order valence-electron chi connectivity index (χ3n) is 3.04. The minimum absolute atomic E-state index is 0.491. The van der Waals surface area contributed by atoms with Crippen molar-refractivity contribution in [3.05, 3.63) is 48.0 Å². The van der Waals surface area contributed by atoms with Crippen LogP contribution in [0, 0.1) is 11.3 Å². The van der Waals surface area contributed by atoms with Gasteiger partial charge in [-0.15, -0.1) is 0 Å². The van der Waals surface area contributed by atoms with Crippen molar-refractivity contribution in [1.29, 1.82) is 5.26 Å². The SMILES string of the molecule is N#Cc1cccc(OCc2cncn2C2CC2)c1. The summed E-state index contributed by atoms with van der Waals surface area (Å²) in [6, 6.07) is 9.91. The lowest BCUT2D eigenvalue weighted by molar-refractivity contribution is 0.295. The zero-order valence-electron chi connectivity index (χ0n) is 9.91. The van der Waals surface area contributed by atoms with Crippen LogP contribution in [0.3, 0.4) is 0 Å². The van der Waals surface area contributed by atoms with Crippen LogP contribution in [0.15, 0.2) is 36.8 Å². The van der Waals surface area contributed by atoms with Gasteiger partial charge in [-0.05, 0) is 31.0 Å². The van der Waals surface area contributed by atoms with E-state index >= 15 is 0 Å². The molecule has 4 nitrogen and oxygen atoms in total. The molecule has 1 aromatic heterocycles. The number of hydrogen-bond donors (Lipinski definition) is 0. The van der Waals surface area contributed by atoms with Crippen molar-refractivity contribution in [2.75, 3.05) is 0 Å². The van der Waals surface area contributed by atoms with Gasteiger partial charge in [0.15, 0.2) is 0 Å². The van der Waals surface area contributed by atoms with Gasteiger partial charge in [0.25, 0.3) is 0 Å². The lowest BCUT2D eigenvalue weighted by atomic mass is 10.2. The fraction of sp³-hybridized carbons (Fsp3) is 0.286. The van der Waals surface area contributed by atoms with Crippen molar-refractivity contribution in [2.24, 2.45) is 0 Å². The fourth-order valence-corrected chi connectivity index (χ4v) is 1.94. The molecule has 1 aliphatic carbocycles. The average Bonchev–Trinajstić information content (AvgIpc) is 3.15. The van der Waals surface area contributed by atoms with E-state index in [4.69, 9.17) is 10.00 Å². The van der Waals surface area contributed by atoms with Gasteiger partial charge in [-0.25, -0.2) is 4.98 Å².